The van der Waals surface area contributed by atoms with Crippen molar-refractivity contribution in [2.75, 3.05) is 5.08 Å². The van der Waals surface area contributed by atoms with Gasteiger partial charge in [-0.3, -0.25) is 0 Å². The summed E-state index contributed by atoms with van der Waals surface area (Å²) in [5.74, 6) is 0. The fourth-order valence-electron chi connectivity index (χ4n) is 0.268. The summed E-state index contributed by atoms with van der Waals surface area (Å²) in [6, 6.07) is 0. The molecule has 4 nitrogen and oxygen atoms in total. The number of aliphatic hydroxyl groups is 1. The first kappa shape index (κ1) is 10.2. The van der Waals surface area contributed by atoms with Crippen LogP contribution in [0.2, 0.25) is 0 Å². The molecule has 0 rings (SSSR count). The standard InChI is InChI=1S/C4H10O4S2/c1-2-4(5)8-10(6,7)3-9/h4-5,9H,2-3H2,1H3. The molecule has 0 aliphatic heterocycles. The van der Waals surface area contributed by atoms with Gasteiger partial charge in [0, 0.05) is 0 Å². The Balaban J connectivity index is 3.90. The molecule has 0 radical (unpaired) electrons. The summed E-state index contributed by atoms with van der Waals surface area (Å²) in [5, 5.41) is 8.28. The van der Waals surface area contributed by atoms with Crippen LogP contribution in [0.4, 0.5) is 0 Å². The smallest absolute Gasteiger partial charge is 0.279 e. The summed E-state index contributed by atoms with van der Waals surface area (Å²) in [5.41, 5.74) is 0. The first-order valence-corrected chi connectivity index (χ1v) is 4.92. The van der Waals surface area contributed by atoms with E-state index in [9.17, 15) is 8.42 Å². The fourth-order valence-corrected chi connectivity index (χ4v) is 0.986. The largest absolute Gasteiger partial charge is 0.367 e. The van der Waals surface area contributed by atoms with Crippen molar-refractivity contribution in [1.29, 1.82) is 0 Å². The van der Waals surface area contributed by atoms with Gasteiger partial charge >= 0.3 is 0 Å². The van der Waals surface area contributed by atoms with Crippen LogP contribution in [-0.4, -0.2) is 24.9 Å². The quantitative estimate of drug-likeness (QED) is 0.367. The van der Waals surface area contributed by atoms with E-state index in [1.165, 1.54) is 0 Å². The third kappa shape index (κ3) is 4.10. The molecule has 0 amide bonds. The maximum atomic E-state index is 10.5. The molecule has 0 saturated heterocycles. The molecule has 1 unspecified atom stereocenters. The second kappa shape index (κ2) is 4.17. The highest BCUT2D eigenvalue weighted by atomic mass is 32.3. The van der Waals surface area contributed by atoms with Gasteiger partial charge in [0.2, 0.25) is 0 Å². The minimum atomic E-state index is -3.62. The molecule has 62 valence electrons. The molecular formula is C4H10O4S2. The molecule has 0 heterocycles. The lowest BCUT2D eigenvalue weighted by atomic mass is 10.5. The zero-order valence-electron chi connectivity index (χ0n) is 5.52. The molecule has 0 saturated carbocycles. The molecule has 10 heavy (non-hydrogen) atoms. The van der Waals surface area contributed by atoms with Crippen molar-refractivity contribution in [1.82, 2.24) is 0 Å². The normalized spacial score (nSPS) is 15.1. The Morgan fingerprint density at radius 3 is 2.50 bits per heavy atom. The van der Waals surface area contributed by atoms with Crippen LogP contribution in [-0.2, 0) is 14.3 Å². The van der Waals surface area contributed by atoms with Crippen LogP contribution >= 0.6 is 12.6 Å². The van der Waals surface area contributed by atoms with Gasteiger partial charge in [0.1, 0.15) is 5.08 Å². The van der Waals surface area contributed by atoms with Gasteiger partial charge < -0.3 is 5.11 Å². The van der Waals surface area contributed by atoms with E-state index in [-0.39, 0.29) is 6.42 Å². The summed E-state index contributed by atoms with van der Waals surface area (Å²) in [4.78, 5) is 0. The highest BCUT2D eigenvalue weighted by molar-refractivity contribution is 8.01. The van der Waals surface area contributed by atoms with Crippen LogP contribution in [0.15, 0.2) is 0 Å². The van der Waals surface area contributed by atoms with Crippen LogP contribution in [0, 0.1) is 0 Å². The first-order valence-electron chi connectivity index (χ1n) is 2.71. The van der Waals surface area contributed by atoms with Crippen molar-refractivity contribution in [2.24, 2.45) is 0 Å². The Kier molecular flexibility index (Phi) is 4.26. The van der Waals surface area contributed by atoms with Crippen molar-refractivity contribution in [3.05, 3.63) is 0 Å². The van der Waals surface area contributed by atoms with Crippen LogP contribution in [0.1, 0.15) is 13.3 Å². The SMILES string of the molecule is CCC(O)OS(=O)(=O)CS. The Morgan fingerprint density at radius 2 is 2.20 bits per heavy atom. The molecule has 0 aromatic rings. The van der Waals surface area contributed by atoms with Gasteiger partial charge in [0.05, 0.1) is 0 Å². The fraction of sp³-hybridized carbons (Fsp3) is 1.00. The zero-order chi connectivity index (χ0) is 8.20. The van der Waals surface area contributed by atoms with Crippen LogP contribution in [0.5, 0.6) is 0 Å². The van der Waals surface area contributed by atoms with E-state index in [0.29, 0.717) is 0 Å². The van der Waals surface area contributed by atoms with E-state index >= 15 is 0 Å². The van der Waals surface area contributed by atoms with Crippen molar-refractivity contribution in [2.45, 2.75) is 19.6 Å². The lowest BCUT2D eigenvalue weighted by molar-refractivity contribution is -0.0131. The van der Waals surface area contributed by atoms with E-state index in [2.05, 4.69) is 16.8 Å². The van der Waals surface area contributed by atoms with Gasteiger partial charge in [-0.25, -0.2) is 4.18 Å². The summed E-state index contributed by atoms with van der Waals surface area (Å²) in [6.07, 6.45) is -0.996. The van der Waals surface area contributed by atoms with Crippen LogP contribution < -0.4 is 0 Å². The predicted molar refractivity (Wildman–Crippen MR) is 40.2 cm³/mol. The summed E-state index contributed by atoms with van der Waals surface area (Å²) < 4.78 is 25.2. The van der Waals surface area contributed by atoms with Crippen molar-refractivity contribution in [3.63, 3.8) is 0 Å². The number of rotatable bonds is 4. The molecule has 0 fully saturated rings. The maximum absolute atomic E-state index is 10.5. The molecule has 6 heteroatoms. The molecule has 0 spiro atoms. The van der Waals surface area contributed by atoms with Gasteiger partial charge in [0.15, 0.2) is 6.29 Å². The van der Waals surface area contributed by atoms with Crippen molar-refractivity contribution < 1.29 is 17.7 Å². The zero-order valence-corrected chi connectivity index (χ0v) is 7.23. The second-order valence-electron chi connectivity index (χ2n) is 1.65. The second-order valence-corrected chi connectivity index (χ2v) is 3.99. The van der Waals surface area contributed by atoms with E-state index in [4.69, 9.17) is 5.11 Å². The molecule has 1 atom stereocenters. The highest BCUT2D eigenvalue weighted by Gasteiger charge is 2.12. The van der Waals surface area contributed by atoms with Crippen LogP contribution in [0.25, 0.3) is 0 Å². The molecule has 0 aliphatic carbocycles. The monoisotopic (exact) mass is 186 g/mol. The lowest BCUT2D eigenvalue weighted by Crippen LogP contribution is -2.17. The number of hydrogen-bond donors (Lipinski definition) is 2. The molecule has 0 aromatic carbocycles. The third-order valence-corrected chi connectivity index (χ3v) is 2.55. The number of thiol groups is 1. The average molecular weight is 186 g/mol. The molecule has 0 bridgehead atoms. The van der Waals surface area contributed by atoms with Gasteiger partial charge in [-0.1, -0.05) is 6.92 Å². The van der Waals surface area contributed by atoms with Crippen molar-refractivity contribution >= 4 is 22.7 Å². The summed E-state index contributed by atoms with van der Waals surface area (Å²) in [6.45, 7) is 1.61. The predicted octanol–water partition coefficient (Wildman–Crippen LogP) is -0.0515. The Morgan fingerprint density at radius 1 is 1.70 bits per heavy atom. The van der Waals surface area contributed by atoms with Crippen LogP contribution in [0.3, 0.4) is 0 Å². The van der Waals surface area contributed by atoms with E-state index < -0.39 is 21.5 Å². The topological polar surface area (TPSA) is 63.6 Å². The number of hydrogen-bond acceptors (Lipinski definition) is 5. The lowest BCUT2D eigenvalue weighted by Gasteiger charge is -2.06. The average Bonchev–Trinajstić information content (AvgIpc) is 1.87. The summed E-state index contributed by atoms with van der Waals surface area (Å²) >= 11 is 3.49. The minimum Gasteiger partial charge on any atom is -0.367 e. The first-order chi connectivity index (χ1) is 4.52. The van der Waals surface area contributed by atoms with Gasteiger partial charge in [0.25, 0.3) is 10.1 Å². The Labute approximate surface area is 65.7 Å². The molecule has 1 N–H and O–H groups in total. The summed E-state index contributed by atoms with van der Waals surface area (Å²) in [7, 11) is -3.62. The van der Waals surface area contributed by atoms with Gasteiger partial charge in [-0.2, -0.15) is 21.0 Å². The maximum Gasteiger partial charge on any atom is 0.279 e. The number of aliphatic hydroxyl groups excluding tert-OH is 1. The third-order valence-electron chi connectivity index (χ3n) is 0.765. The Bertz CT molecular complexity index is 174. The molecule has 0 aromatic heterocycles. The Hall–Kier alpha value is 0.220. The van der Waals surface area contributed by atoms with E-state index in [1.54, 1.807) is 6.92 Å². The molecule has 0 aliphatic rings. The minimum absolute atomic E-state index is 0.243. The van der Waals surface area contributed by atoms with Crippen molar-refractivity contribution in [3.8, 4) is 0 Å². The molecular weight excluding hydrogens is 176 g/mol. The van der Waals surface area contributed by atoms with E-state index in [0.717, 1.165) is 0 Å². The highest BCUT2D eigenvalue weighted by Crippen LogP contribution is 2.01. The van der Waals surface area contributed by atoms with Gasteiger partial charge in [-0.05, 0) is 6.42 Å². The van der Waals surface area contributed by atoms with Gasteiger partial charge in [-0.15, -0.1) is 0 Å². The van der Waals surface area contributed by atoms with E-state index in [1.807, 2.05) is 0 Å².